The lowest BCUT2D eigenvalue weighted by Gasteiger charge is -2.18. The van der Waals surface area contributed by atoms with Crippen LogP contribution in [-0.2, 0) is 0 Å². The molecule has 0 bridgehead atoms. The molecule has 3 aromatic carbocycles. The Balaban J connectivity index is 1.55. The van der Waals surface area contributed by atoms with E-state index in [-0.39, 0.29) is 5.92 Å². The van der Waals surface area contributed by atoms with E-state index in [0.717, 1.165) is 34.5 Å². The van der Waals surface area contributed by atoms with E-state index in [9.17, 15) is 0 Å². The zero-order valence-electron chi connectivity index (χ0n) is 17.8. The average Bonchev–Trinajstić information content (AvgIpc) is 3.38. The molecule has 1 aliphatic rings. The van der Waals surface area contributed by atoms with Gasteiger partial charge in [0.2, 0.25) is 0 Å². The van der Waals surface area contributed by atoms with E-state index in [1.54, 1.807) is 6.08 Å². The lowest BCUT2D eigenvalue weighted by molar-refractivity contribution is 0.517. The average molecular weight is 414 g/mol. The van der Waals surface area contributed by atoms with Crippen LogP contribution in [0, 0.1) is 0 Å². The second kappa shape index (κ2) is 7.28. The van der Waals surface area contributed by atoms with Crippen molar-refractivity contribution in [2.45, 2.75) is 12.3 Å². The molecular weight excluding hydrogens is 390 g/mol. The molecule has 2 heterocycles. The summed E-state index contributed by atoms with van der Waals surface area (Å²) in [4.78, 5) is 0. The van der Waals surface area contributed by atoms with E-state index < -0.39 is 0 Å². The molecule has 0 fully saturated rings. The van der Waals surface area contributed by atoms with Crippen LogP contribution in [0.5, 0.6) is 0 Å². The van der Waals surface area contributed by atoms with Crippen LogP contribution in [0.4, 0.5) is 0 Å². The molecular formula is C30H23NO. The summed E-state index contributed by atoms with van der Waals surface area (Å²) in [7, 11) is 0. The van der Waals surface area contributed by atoms with E-state index >= 15 is 0 Å². The summed E-state index contributed by atoms with van der Waals surface area (Å²) in [6, 6.07) is 23.6. The van der Waals surface area contributed by atoms with Crippen molar-refractivity contribution in [3.63, 3.8) is 0 Å². The van der Waals surface area contributed by atoms with Crippen LogP contribution in [0.3, 0.4) is 0 Å². The molecule has 2 aromatic heterocycles. The summed E-state index contributed by atoms with van der Waals surface area (Å²) < 4.78 is 8.58. The van der Waals surface area contributed by atoms with Crippen molar-refractivity contribution >= 4 is 44.5 Å². The molecule has 1 atom stereocenters. The molecule has 0 saturated heterocycles. The largest absolute Gasteiger partial charge is 0.460 e. The summed E-state index contributed by atoms with van der Waals surface area (Å²) in [6.45, 7) is 8.09. The highest BCUT2D eigenvalue weighted by Gasteiger charge is 2.26. The quantitative estimate of drug-likeness (QED) is 0.271. The van der Waals surface area contributed by atoms with Crippen LogP contribution in [0.1, 0.15) is 29.2 Å². The van der Waals surface area contributed by atoms with Crippen LogP contribution in [0.2, 0.25) is 0 Å². The van der Waals surface area contributed by atoms with Gasteiger partial charge in [0.15, 0.2) is 0 Å². The first-order valence-corrected chi connectivity index (χ1v) is 11.0. The number of nitrogens with zero attached hydrogens (tertiary/aromatic N) is 1. The highest BCUT2D eigenvalue weighted by molar-refractivity contribution is 6.10. The van der Waals surface area contributed by atoms with Crippen LogP contribution < -0.4 is 0 Å². The molecule has 0 saturated carbocycles. The summed E-state index contributed by atoms with van der Waals surface area (Å²) in [6.07, 6.45) is 11.1. The number of allylic oxidation sites excluding steroid dienone is 5. The number of hydrogen-bond acceptors (Lipinski definition) is 1. The molecule has 154 valence electrons. The highest BCUT2D eigenvalue weighted by Crippen LogP contribution is 2.42. The maximum atomic E-state index is 6.36. The van der Waals surface area contributed by atoms with Crippen molar-refractivity contribution in [1.29, 1.82) is 0 Å². The first-order valence-electron chi connectivity index (χ1n) is 11.0. The second-order valence-corrected chi connectivity index (χ2v) is 8.28. The minimum atomic E-state index is 0.206. The third-order valence-electron chi connectivity index (χ3n) is 6.45. The zero-order valence-corrected chi connectivity index (χ0v) is 17.8. The topological polar surface area (TPSA) is 18.1 Å². The lowest BCUT2D eigenvalue weighted by Crippen LogP contribution is -2.03. The Morgan fingerprint density at radius 1 is 0.938 bits per heavy atom. The van der Waals surface area contributed by atoms with Crippen LogP contribution in [0.15, 0.2) is 109 Å². The van der Waals surface area contributed by atoms with Gasteiger partial charge in [0, 0.05) is 33.3 Å². The Morgan fingerprint density at radius 2 is 1.72 bits per heavy atom. The number of aromatic nitrogens is 1. The van der Waals surface area contributed by atoms with Gasteiger partial charge in [-0.15, -0.1) is 0 Å². The molecule has 1 aliphatic carbocycles. The standard InChI is InChI=1S/C30H23NO/c1-3-4-10-20(2)31-27-15-7-5-11-23(27)26-19-21(17-18-28(26)31)22-13-9-14-25-24-12-6-8-16-29(24)32-30(22)25/h3-12,14-19,22H,1-2,13H2/b10-4-. The molecule has 32 heavy (non-hydrogen) atoms. The molecule has 0 spiro atoms. The normalized spacial score (nSPS) is 15.7. The summed E-state index contributed by atoms with van der Waals surface area (Å²) in [5.41, 5.74) is 6.68. The number of furan rings is 1. The van der Waals surface area contributed by atoms with Gasteiger partial charge in [-0.25, -0.2) is 0 Å². The molecule has 5 aromatic rings. The maximum absolute atomic E-state index is 6.36. The van der Waals surface area contributed by atoms with Crippen molar-refractivity contribution in [1.82, 2.24) is 4.57 Å². The summed E-state index contributed by atoms with van der Waals surface area (Å²) in [5.74, 6) is 1.27. The number of benzene rings is 3. The summed E-state index contributed by atoms with van der Waals surface area (Å²) in [5, 5.41) is 3.65. The Bertz CT molecular complexity index is 1590. The molecule has 0 radical (unpaired) electrons. The fourth-order valence-corrected chi connectivity index (χ4v) is 5.00. The van der Waals surface area contributed by atoms with E-state index in [4.69, 9.17) is 4.42 Å². The third-order valence-corrected chi connectivity index (χ3v) is 6.45. The van der Waals surface area contributed by atoms with Crippen molar-refractivity contribution in [3.05, 3.63) is 121 Å². The fraction of sp³-hybridized carbons (Fsp3) is 0.0667. The predicted molar refractivity (Wildman–Crippen MR) is 136 cm³/mol. The SMILES string of the molecule is C=C/C=C\C(=C)n1c2ccccc2c2cc(C3CC=Cc4c3oc3ccccc43)ccc21. The number of para-hydroxylation sites is 2. The van der Waals surface area contributed by atoms with Crippen molar-refractivity contribution < 1.29 is 4.42 Å². The van der Waals surface area contributed by atoms with Gasteiger partial charge in [-0.05, 0) is 42.3 Å². The van der Waals surface area contributed by atoms with Crippen LogP contribution in [-0.4, -0.2) is 4.57 Å². The van der Waals surface area contributed by atoms with E-state index in [1.165, 1.54) is 27.3 Å². The third kappa shape index (κ3) is 2.73. The van der Waals surface area contributed by atoms with Gasteiger partial charge in [-0.1, -0.05) is 79.9 Å². The lowest BCUT2D eigenvalue weighted by atomic mass is 9.86. The Kier molecular flexibility index (Phi) is 4.26. The molecule has 6 rings (SSSR count). The van der Waals surface area contributed by atoms with Crippen LogP contribution in [0.25, 0.3) is 44.5 Å². The van der Waals surface area contributed by atoms with Crippen molar-refractivity contribution in [3.8, 4) is 0 Å². The Labute approximate surface area is 187 Å². The first-order chi connectivity index (χ1) is 15.8. The number of hydrogen-bond donors (Lipinski definition) is 0. The van der Waals surface area contributed by atoms with Gasteiger partial charge in [0.25, 0.3) is 0 Å². The monoisotopic (exact) mass is 413 g/mol. The first kappa shape index (κ1) is 18.7. The van der Waals surface area contributed by atoms with E-state index in [0.29, 0.717) is 0 Å². The Hall–Kier alpha value is -4.04. The van der Waals surface area contributed by atoms with Crippen LogP contribution >= 0.6 is 0 Å². The van der Waals surface area contributed by atoms with Gasteiger partial charge in [0.1, 0.15) is 11.3 Å². The molecule has 0 aliphatic heterocycles. The zero-order chi connectivity index (χ0) is 21.7. The minimum Gasteiger partial charge on any atom is -0.460 e. The number of fused-ring (bicyclic) bond motifs is 6. The Morgan fingerprint density at radius 3 is 2.59 bits per heavy atom. The van der Waals surface area contributed by atoms with E-state index in [2.05, 4.69) is 90.5 Å². The molecule has 1 unspecified atom stereocenters. The highest BCUT2D eigenvalue weighted by atomic mass is 16.3. The van der Waals surface area contributed by atoms with Gasteiger partial charge in [-0.3, -0.25) is 0 Å². The molecule has 2 nitrogen and oxygen atoms in total. The maximum Gasteiger partial charge on any atom is 0.134 e. The fourth-order valence-electron chi connectivity index (χ4n) is 5.00. The molecule has 0 amide bonds. The summed E-state index contributed by atoms with van der Waals surface area (Å²) >= 11 is 0. The minimum absolute atomic E-state index is 0.206. The molecule has 2 heteroatoms. The van der Waals surface area contributed by atoms with Crippen molar-refractivity contribution in [2.24, 2.45) is 0 Å². The van der Waals surface area contributed by atoms with Gasteiger partial charge >= 0.3 is 0 Å². The molecule has 0 N–H and O–H groups in total. The smallest absolute Gasteiger partial charge is 0.134 e. The second-order valence-electron chi connectivity index (χ2n) is 8.28. The number of rotatable bonds is 4. The predicted octanol–water partition coefficient (Wildman–Crippen LogP) is 8.30. The van der Waals surface area contributed by atoms with Gasteiger partial charge < -0.3 is 8.98 Å². The van der Waals surface area contributed by atoms with Crippen molar-refractivity contribution in [2.75, 3.05) is 0 Å². The van der Waals surface area contributed by atoms with E-state index in [1.807, 2.05) is 18.2 Å². The van der Waals surface area contributed by atoms with Gasteiger partial charge in [0.05, 0.1) is 11.0 Å². The van der Waals surface area contributed by atoms with Gasteiger partial charge in [-0.2, -0.15) is 0 Å².